The van der Waals surface area contributed by atoms with Crippen LogP contribution >= 0.6 is 0 Å². The third-order valence-corrected chi connectivity index (χ3v) is 18.2. The third-order valence-electron chi connectivity index (χ3n) is 7.85. The molecule has 3 atom stereocenters. The number of aryl methyl sites for hydroxylation is 1. The Morgan fingerprint density at radius 1 is 0.882 bits per heavy atom. The van der Waals surface area contributed by atoms with Gasteiger partial charge in [-0.05, 0) is 55.3 Å². The largest absolute Gasteiger partial charge is 0.416 e. The van der Waals surface area contributed by atoms with Crippen molar-refractivity contribution in [2.24, 2.45) is 5.92 Å². The first-order valence-electron chi connectivity index (χ1n) is 12.2. The lowest BCUT2D eigenvalue weighted by atomic mass is 10.0. The molecule has 1 heterocycles. The van der Waals surface area contributed by atoms with Gasteiger partial charge in [-0.15, -0.1) is 0 Å². The second-order valence-corrected chi connectivity index (χ2v) is 23.8. The minimum absolute atomic E-state index is 0.0456. The molecule has 1 fully saturated rings. The van der Waals surface area contributed by atoms with E-state index in [1.54, 1.807) is 24.3 Å². The second kappa shape index (κ2) is 10.4. The first-order chi connectivity index (χ1) is 15.3. The standard InChI is InChI=1S/C25H46O6SSi2/c1-19-12-14-20(15-13-19)32(26,27)31-23-17-28-22(18-30-34(10,11)25(5,6)7)21(23)16-29-33(8,9)24(2,3)4/h12-15,21-23H,16-18H2,1-11H3/t21-,22+,23-/m0/s1. The molecule has 0 N–H and O–H groups in total. The lowest BCUT2D eigenvalue weighted by Crippen LogP contribution is -2.46. The van der Waals surface area contributed by atoms with Crippen molar-refractivity contribution in [3.63, 3.8) is 0 Å². The molecule has 1 aromatic carbocycles. The molecule has 1 saturated heterocycles. The molecule has 9 heteroatoms. The first-order valence-corrected chi connectivity index (χ1v) is 19.4. The molecule has 0 aliphatic carbocycles. The van der Waals surface area contributed by atoms with Gasteiger partial charge in [0.2, 0.25) is 0 Å². The Bertz CT molecular complexity index is 914. The van der Waals surface area contributed by atoms with E-state index in [9.17, 15) is 8.42 Å². The van der Waals surface area contributed by atoms with Crippen molar-refractivity contribution in [2.45, 2.75) is 102 Å². The van der Waals surface area contributed by atoms with E-state index in [0.717, 1.165) is 5.56 Å². The molecule has 6 nitrogen and oxygen atoms in total. The minimum atomic E-state index is -3.92. The summed E-state index contributed by atoms with van der Waals surface area (Å²) in [5.74, 6) is -0.237. The monoisotopic (exact) mass is 530 g/mol. The summed E-state index contributed by atoms with van der Waals surface area (Å²) in [6.45, 7) is 24.9. The lowest BCUT2D eigenvalue weighted by molar-refractivity contribution is 0.0316. The maximum atomic E-state index is 13.0. The van der Waals surface area contributed by atoms with E-state index < -0.39 is 32.9 Å². The molecule has 0 saturated carbocycles. The summed E-state index contributed by atoms with van der Waals surface area (Å²) < 4.78 is 50.9. The molecule has 0 aromatic heterocycles. The summed E-state index contributed by atoms with van der Waals surface area (Å²) in [6.07, 6.45) is -0.902. The van der Waals surface area contributed by atoms with Gasteiger partial charge >= 0.3 is 0 Å². The van der Waals surface area contributed by atoms with Crippen molar-refractivity contribution in [1.29, 1.82) is 0 Å². The van der Waals surface area contributed by atoms with Crippen LogP contribution in [0.3, 0.4) is 0 Å². The van der Waals surface area contributed by atoms with Crippen molar-refractivity contribution in [3.05, 3.63) is 29.8 Å². The van der Waals surface area contributed by atoms with Crippen molar-refractivity contribution < 1.29 is 26.2 Å². The SMILES string of the molecule is Cc1ccc(S(=O)(=O)O[C@H]2CO[C@H](CO[Si](C)(C)C(C)(C)C)[C@@H]2CO[Si](C)(C)C(C)(C)C)cc1. The maximum Gasteiger partial charge on any atom is 0.297 e. The molecule has 196 valence electrons. The Morgan fingerprint density at radius 3 is 1.82 bits per heavy atom. The molecule has 2 rings (SSSR count). The molecule has 0 bridgehead atoms. The maximum absolute atomic E-state index is 13.0. The van der Waals surface area contributed by atoms with Crippen LogP contribution in [0.15, 0.2) is 29.2 Å². The zero-order valence-corrected chi connectivity index (χ0v) is 25.8. The summed E-state index contributed by atoms with van der Waals surface area (Å²) in [7, 11) is -7.95. The van der Waals surface area contributed by atoms with Crippen LogP contribution in [0.1, 0.15) is 47.1 Å². The normalized spacial score (nSPS) is 22.9. The van der Waals surface area contributed by atoms with Crippen molar-refractivity contribution >= 4 is 26.8 Å². The summed E-state index contributed by atoms with van der Waals surface area (Å²) in [4.78, 5) is 0.156. The molecule has 1 aliphatic heterocycles. The Kier molecular flexibility index (Phi) is 9.11. The van der Waals surface area contributed by atoms with E-state index in [2.05, 4.69) is 67.7 Å². The van der Waals surface area contributed by atoms with E-state index in [0.29, 0.717) is 13.2 Å². The number of hydrogen-bond donors (Lipinski definition) is 0. The predicted molar refractivity (Wildman–Crippen MR) is 143 cm³/mol. The highest BCUT2D eigenvalue weighted by Gasteiger charge is 2.46. The van der Waals surface area contributed by atoms with Gasteiger partial charge in [-0.1, -0.05) is 59.2 Å². The Morgan fingerprint density at radius 2 is 1.35 bits per heavy atom. The summed E-state index contributed by atoms with van der Waals surface area (Å²) in [5, 5.41) is 0.118. The summed E-state index contributed by atoms with van der Waals surface area (Å²) in [5.41, 5.74) is 0.992. The van der Waals surface area contributed by atoms with E-state index in [-0.39, 0.29) is 33.6 Å². The molecule has 34 heavy (non-hydrogen) atoms. The van der Waals surface area contributed by atoms with E-state index in [1.165, 1.54) is 0 Å². The fourth-order valence-electron chi connectivity index (χ4n) is 3.14. The smallest absolute Gasteiger partial charge is 0.297 e. The highest BCUT2D eigenvalue weighted by atomic mass is 32.2. The summed E-state index contributed by atoms with van der Waals surface area (Å²) in [6, 6.07) is 6.71. The topological polar surface area (TPSA) is 71.1 Å². The van der Waals surface area contributed by atoms with Crippen LogP contribution in [0.2, 0.25) is 36.3 Å². The highest BCUT2D eigenvalue weighted by Crippen LogP contribution is 2.40. The Labute approximate surface area is 210 Å². The van der Waals surface area contributed by atoms with Crippen LogP contribution in [-0.2, 0) is 27.9 Å². The first kappa shape index (κ1) is 29.7. The molecule has 0 spiro atoms. The third kappa shape index (κ3) is 7.24. The van der Waals surface area contributed by atoms with Gasteiger partial charge in [-0.2, -0.15) is 8.42 Å². The summed E-state index contributed by atoms with van der Waals surface area (Å²) >= 11 is 0. The molecular formula is C25H46O6SSi2. The van der Waals surface area contributed by atoms with Crippen LogP contribution in [0, 0.1) is 12.8 Å². The van der Waals surface area contributed by atoms with Crippen LogP contribution in [0.25, 0.3) is 0 Å². The van der Waals surface area contributed by atoms with Crippen LogP contribution in [-0.4, -0.2) is 57.1 Å². The Balaban J connectivity index is 2.23. The molecule has 1 aliphatic rings. The van der Waals surface area contributed by atoms with Gasteiger partial charge in [-0.25, -0.2) is 0 Å². The van der Waals surface area contributed by atoms with E-state index >= 15 is 0 Å². The van der Waals surface area contributed by atoms with Gasteiger partial charge in [0.25, 0.3) is 10.1 Å². The zero-order valence-electron chi connectivity index (χ0n) is 23.0. The highest BCUT2D eigenvalue weighted by molar-refractivity contribution is 7.86. The fourth-order valence-corrected chi connectivity index (χ4v) is 6.30. The van der Waals surface area contributed by atoms with Crippen molar-refractivity contribution in [1.82, 2.24) is 0 Å². The van der Waals surface area contributed by atoms with Crippen LogP contribution in [0.4, 0.5) is 0 Å². The van der Waals surface area contributed by atoms with E-state index in [1.807, 2.05) is 6.92 Å². The molecule has 0 amide bonds. The number of hydrogen-bond acceptors (Lipinski definition) is 6. The molecule has 1 aromatic rings. The van der Waals surface area contributed by atoms with Gasteiger partial charge in [0.15, 0.2) is 16.6 Å². The van der Waals surface area contributed by atoms with Gasteiger partial charge in [0, 0.05) is 12.5 Å². The Hall–Kier alpha value is -0.556. The van der Waals surface area contributed by atoms with Gasteiger partial charge < -0.3 is 13.6 Å². The quantitative estimate of drug-likeness (QED) is 0.283. The molecule has 0 radical (unpaired) electrons. The van der Waals surface area contributed by atoms with Gasteiger partial charge in [0.05, 0.1) is 24.2 Å². The number of ether oxygens (including phenoxy) is 1. The van der Waals surface area contributed by atoms with Gasteiger partial charge in [-0.3, -0.25) is 4.18 Å². The predicted octanol–water partition coefficient (Wildman–Crippen LogP) is 6.13. The van der Waals surface area contributed by atoms with Crippen LogP contribution < -0.4 is 0 Å². The fraction of sp³-hybridized carbons (Fsp3) is 0.760. The lowest BCUT2D eigenvalue weighted by Gasteiger charge is -2.39. The van der Waals surface area contributed by atoms with Gasteiger partial charge in [0.1, 0.15) is 6.10 Å². The average Bonchev–Trinajstić information content (AvgIpc) is 3.04. The molecular weight excluding hydrogens is 485 g/mol. The zero-order chi connectivity index (χ0) is 26.2. The van der Waals surface area contributed by atoms with E-state index in [4.69, 9.17) is 17.8 Å². The van der Waals surface area contributed by atoms with Crippen LogP contribution in [0.5, 0.6) is 0 Å². The number of benzene rings is 1. The second-order valence-electron chi connectivity index (χ2n) is 12.6. The average molecular weight is 531 g/mol. The number of rotatable bonds is 9. The minimum Gasteiger partial charge on any atom is -0.416 e. The van der Waals surface area contributed by atoms with Crippen molar-refractivity contribution in [3.8, 4) is 0 Å². The molecule has 0 unspecified atom stereocenters. The van der Waals surface area contributed by atoms with Crippen molar-refractivity contribution in [2.75, 3.05) is 19.8 Å².